The van der Waals surface area contributed by atoms with E-state index in [1.54, 1.807) is 30.3 Å². The SMILES string of the molecule is NC(=O)COc1cccc(COC(=O)C2CC2c2cccc(F)c2)c1. The summed E-state index contributed by atoms with van der Waals surface area (Å²) >= 11 is 0. The lowest BCUT2D eigenvalue weighted by molar-refractivity contribution is -0.146. The minimum absolute atomic E-state index is 0.0217. The highest BCUT2D eigenvalue weighted by molar-refractivity contribution is 5.77. The van der Waals surface area contributed by atoms with E-state index in [0.717, 1.165) is 11.1 Å². The molecule has 130 valence electrons. The Bertz CT molecular complexity index is 792. The number of carbonyl (C=O) groups excluding carboxylic acids is 2. The number of hydrogen-bond donors (Lipinski definition) is 1. The average molecular weight is 343 g/mol. The van der Waals surface area contributed by atoms with Crippen LogP contribution < -0.4 is 10.5 Å². The molecule has 2 N–H and O–H groups in total. The van der Waals surface area contributed by atoms with E-state index in [1.807, 2.05) is 6.07 Å². The molecule has 0 saturated heterocycles. The number of ether oxygens (including phenoxy) is 2. The van der Waals surface area contributed by atoms with Crippen molar-refractivity contribution >= 4 is 11.9 Å². The molecule has 2 aromatic rings. The van der Waals surface area contributed by atoms with Crippen molar-refractivity contribution in [1.29, 1.82) is 0 Å². The Hall–Kier alpha value is -2.89. The summed E-state index contributed by atoms with van der Waals surface area (Å²) in [6, 6.07) is 13.2. The first-order valence-corrected chi connectivity index (χ1v) is 7.95. The van der Waals surface area contributed by atoms with Crippen molar-refractivity contribution in [3.63, 3.8) is 0 Å². The molecule has 2 unspecified atom stereocenters. The number of nitrogens with two attached hydrogens (primary N) is 1. The molecule has 2 atom stereocenters. The maximum atomic E-state index is 13.2. The van der Waals surface area contributed by atoms with Gasteiger partial charge in [-0.25, -0.2) is 4.39 Å². The van der Waals surface area contributed by atoms with Crippen LogP contribution in [-0.2, 0) is 20.9 Å². The Morgan fingerprint density at radius 3 is 2.72 bits per heavy atom. The van der Waals surface area contributed by atoms with Crippen molar-refractivity contribution in [1.82, 2.24) is 0 Å². The molecule has 5 nitrogen and oxygen atoms in total. The van der Waals surface area contributed by atoms with Crippen LogP contribution in [0.5, 0.6) is 5.75 Å². The first-order chi connectivity index (χ1) is 12.0. The monoisotopic (exact) mass is 343 g/mol. The molecule has 0 bridgehead atoms. The van der Waals surface area contributed by atoms with E-state index in [1.165, 1.54) is 12.1 Å². The van der Waals surface area contributed by atoms with Gasteiger partial charge in [0, 0.05) is 0 Å². The number of halogens is 1. The van der Waals surface area contributed by atoms with Crippen molar-refractivity contribution in [2.45, 2.75) is 18.9 Å². The Balaban J connectivity index is 1.51. The van der Waals surface area contributed by atoms with Crippen LogP contribution in [0.15, 0.2) is 48.5 Å². The fourth-order valence-corrected chi connectivity index (χ4v) is 2.70. The van der Waals surface area contributed by atoms with Gasteiger partial charge >= 0.3 is 5.97 Å². The van der Waals surface area contributed by atoms with Gasteiger partial charge < -0.3 is 15.2 Å². The molecular weight excluding hydrogens is 325 g/mol. The Kier molecular flexibility index (Phi) is 4.97. The first kappa shape index (κ1) is 17.0. The molecule has 25 heavy (non-hydrogen) atoms. The van der Waals surface area contributed by atoms with Crippen LogP contribution in [0.4, 0.5) is 4.39 Å². The van der Waals surface area contributed by atoms with Gasteiger partial charge in [0.15, 0.2) is 6.61 Å². The summed E-state index contributed by atoms with van der Waals surface area (Å²) < 4.78 is 23.8. The molecular formula is C19H18FNO4. The van der Waals surface area contributed by atoms with Crippen LogP contribution in [0.25, 0.3) is 0 Å². The number of amides is 1. The Morgan fingerprint density at radius 2 is 1.96 bits per heavy atom. The topological polar surface area (TPSA) is 78.6 Å². The van der Waals surface area contributed by atoms with Gasteiger partial charge in [0.2, 0.25) is 0 Å². The third-order valence-electron chi connectivity index (χ3n) is 4.03. The predicted octanol–water partition coefficient (Wildman–Crippen LogP) is 2.54. The summed E-state index contributed by atoms with van der Waals surface area (Å²) in [5.74, 6) is -0.878. The molecule has 1 amide bonds. The summed E-state index contributed by atoms with van der Waals surface area (Å²) in [6.45, 7) is -0.0976. The summed E-state index contributed by atoms with van der Waals surface area (Å²) in [6.07, 6.45) is 0.671. The van der Waals surface area contributed by atoms with Crippen LogP contribution in [0.2, 0.25) is 0 Å². The molecule has 0 heterocycles. The Morgan fingerprint density at radius 1 is 1.16 bits per heavy atom. The second-order valence-corrected chi connectivity index (χ2v) is 6.01. The van der Waals surface area contributed by atoms with Crippen LogP contribution >= 0.6 is 0 Å². The number of carbonyl (C=O) groups is 2. The fraction of sp³-hybridized carbons (Fsp3) is 0.263. The van der Waals surface area contributed by atoms with Crippen LogP contribution in [-0.4, -0.2) is 18.5 Å². The van der Waals surface area contributed by atoms with Crippen molar-refractivity contribution in [3.8, 4) is 5.75 Å². The third kappa shape index (κ3) is 4.56. The van der Waals surface area contributed by atoms with Crippen LogP contribution in [0, 0.1) is 11.7 Å². The zero-order valence-electron chi connectivity index (χ0n) is 13.5. The van der Waals surface area contributed by atoms with Gasteiger partial charge in [-0.05, 0) is 47.7 Å². The minimum Gasteiger partial charge on any atom is -0.484 e. The molecule has 0 radical (unpaired) electrons. The quantitative estimate of drug-likeness (QED) is 0.784. The van der Waals surface area contributed by atoms with Crippen LogP contribution in [0.1, 0.15) is 23.5 Å². The Labute approximate surface area is 144 Å². The number of rotatable bonds is 7. The number of hydrogen-bond acceptors (Lipinski definition) is 4. The highest BCUT2D eigenvalue weighted by atomic mass is 19.1. The van der Waals surface area contributed by atoms with Crippen molar-refractivity contribution in [2.24, 2.45) is 11.7 Å². The van der Waals surface area contributed by atoms with Gasteiger partial charge in [-0.2, -0.15) is 0 Å². The van der Waals surface area contributed by atoms with E-state index >= 15 is 0 Å². The van der Waals surface area contributed by atoms with Crippen molar-refractivity contribution < 1.29 is 23.5 Å². The van der Waals surface area contributed by atoms with E-state index in [0.29, 0.717) is 12.2 Å². The summed E-state index contributed by atoms with van der Waals surface area (Å²) in [5, 5.41) is 0. The lowest BCUT2D eigenvalue weighted by atomic mass is 10.1. The molecule has 1 saturated carbocycles. The number of esters is 1. The molecule has 2 aromatic carbocycles. The van der Waals surface area contributed by atoms with E-state index < -0.39 is 5.91 Å². The summed E-state index contributed by atoms with van der Waals surface area (Å²) in [5.41, 5.74) is 6.60. The average Bonchev–Trinajstić information content (AvgIpc) is 3.39. The smallest absolute Gasteiger partial charge is 0.309 e. The zero-order valence-corrected chi connectivity index (χ0v) is 13.5. The molecule has 6 heteroatoms. The van der Waals surface area contributed by atoms with Gasteiger partial charge in [-0.1, -0.05) is 24.3 Å². The van der Waals surface area contributed by atoms with E-state index in [-0.39, 0.29) is 36.8 Å². The second kappa shape index (κ2) is 7.34. The largest absolute Gasteiger partial charge is 0.484 e. The fourth-order valence-electron chi connectivity index (χ4n) is 2.70. The lowest BCUT2D eigenvalue weighted by Crippen LogP contribution is -2.20. The van der Waals surface area contributed by atoms with Gasteiger partial charge in [0.25, 0.3) is 5.91 Å². The predicted molar refractivity (Wildman–Crippen MR) is 88.2 cm³/mol. The molecule has 0 aliphatic heterocycles. The van der Waals surface area contributed by atoms with E-state index in [4.69, 9.17) is 15.2 Å². The van der Waals surface area contributed by atoms with Gasteiger partial charge in [-0.3, -0.25) is 9.59 Å². The maximum absolute atomic E-state index is 13.2. The zero-order chi connectivity index (χ0) is 17.8. The third-order valence-corrected chi connectivity index (χ3v) is 4.03. The maximum Gasteiger partial charge on any atom is 0.309 e. The second-order valence-electron chi connectivity index (χ2n) is 6.01. The standard InChI is InChI=1S/C19H18FNO4/c20-14-5-2-4-13(8-14)16-9-17(16)19(23)25-10-12-3-1-6-15(7-12)24-11-18(21)22/h1-8,16-17H,9-11H2,(H2,21,22). The summed E-state index contributed by atoms with van der Waals surface area (Å²) in [7, 11) is 0. The number of benzene rings is 2. The van der Waals surface area contributed by atoms with Crippen molar-refractivity contribution in [3.05, 3.63) is 65.5 Å². The minimum atomic E-state index is -0.561. The van der Waals surface area contributed by atoms with Gasteiger partial charge in [0.05, 0.1) is 5.92 Å². The van der Waals surface area contributed by atoms with Gasteiger partial charge in [-0.15, -0.1) is 0 Å². The van der Waals surface area contributed by atoms with E-state index in [9.17, 15) is 14.0 Å². The van der Waals surface area contributed by atoms with Crippen LogP contribution in [0.3, 0.4) is 0 Å². The molecule has 0 aromatic heterocycles. The molecule has 0 spiro atoms. The molecule has 3 rings (SSSR count). The normalized spacial score (nSPS) is 18.4. The summed E-state index contributed by atoms with van der Waals surface area (Å²) in [4.78, 5) is 22.9. The molecule has 1 aliphatic carbocycles. The lowest BCUT2D eigenvalue weighted by Gasteiger charge is -2.08. The van der Waals surface area contributed by atoms with Gasteiger partial charge in [0.1, 0.15) is 18.2 Å². The highest BCUT2D eigenvalue weighted by Gasteiger charge is 2.45. The first-order valence-electron chi connectivity index (χ1n) is 7.95. The number of primary amides is 1. The van der Waals surface area contributed by atoms with E-state index in [2.05, 4.69) is 0 Å². The van der Waals surface area contributed by atoms with Crippen molar-refractivity contribution in [2.75, 3.05) is 6.61 Å². The molecule has 1 aliphatic rings. The molecule has 1 fully saturated rings. The highest BCUT2D eigenvalue weighted by Crippen LogP contribution is 2.48.